The summed E-state index contributed by atoms with van der Waals surface area (Å²) >= 11 is 0. The summed E-state index contributed by atoms with van der Waals surface area (Å²) < 4.78 is 84.2. The number of carbonyl (C=O) groups is 4. The fourth-order valence-electron chi connectivity index (χ4n) is 8.34. The summed E-state index contributed by atoms with van der Waals surface area (Å²) in [5.41, 5.74) is -3.86. The molecule has 20 heteroatoms. The number of alkyl halides is 3. The molecule has 330 valence electrons. The van der Waals surface area contributed by atoms with Crippen molar-refractivity contribution in [2.75, 3.05) is 32.6 Å². The number of rotatable bonds is 10. The number of hydrogen-bond donors (Lipinski definition) is 3. The molecule has 0 spiro atoms. The lowest BCUT2D eigenvalue weighted by Gasteiger charge is -2.46. The standard InChI is InChI=1S/C40H54F3N7O9S/c1-8-23-17-22(2)11-9-10-12-24-20-39(24,36(53)47-60(56,57)27-14-15-27)46-33(51)30-19-26(21-49(30)35(52)31(23)50(37(54)55)38(3,4)40(41,42)43)59-34-32(48(5)6)44-29-18-25(58-7)13-16-28(29)45-34/h10,12-13,16,18,22-24,26-27,30-31H,8-9,11,14-15,17,19-21H2,1-7H3,(H,46,51)(H,47,53)(H,54,55)/t22-,23-,24-,26-,30+,31+,39-/m1/s1. The first kappa shape index (κ1) is 44.7. The summed E-state index contributed by atoms with van der Waals surface area (Å²) in [6.07, 6.45) is -2.70. The van der Waals surface area contributed by atoms with Crippen LogP contribution in [-0.2, 0) is 24.4 Å². The third-order valence-electron chi connectivity index (χ3n) is 12.2. The maximum atomic E-state index is 15.2. The van der Waals surface area contributed by atoms with Crippen LogP contribution in [0.2, 0.25) is 0 Å². The highest BCUT2D eigenvalue weighted by atomic mass is 32.2. The number of nitrogens with zero attached hydrogens (tertiary/aromatic N) is 5. The smallest absolute Gasteiger partial charge is 0.411 e. The van der Waals surface area contributed by atoms with Crippen molar-refractivity contribution >= 4 is 50.7 Å². The van der Waals surface area contributed by atoms with E-state index in [1.807, 2.05) is 13.0 Å². The number of halogens is 3. The molecule has 1 saturated heterocycles. The first-order chi connectivity index (χ1) is 28.0. The number of amides is 4. The Kier molecular flexibility index (Phi) is 12.3. The molecule has 0 radical (unpaired) electrons. The van der Waals surface area contributed by atoms with Gasteiger partial charge in [-0.05, 0) is 76.3 Å². The Morgan fingerprint density at radius 3 is 2.40 bits per heavy atom. The minimum absolute atomic E-state index is 0.0222. The van der Waals surface area contributed by atoms with Crippen LogP contribution < -0.4 is 24.4 Å². The second kappa shape index (κ2) is 16.5. The van der Waals surface area contributed by atoms with Crippen LogP contribution in [0, 0.1) is 17.8 Å². The molecule has 2 aliphatic carbocycles. The van der Waals surface area contributed by atoms with Crippen molar-refractivity contribution in [3.63, 3.8) is 0 Å². The minimum Gasteiger partial charge on any atom is -0.497 e. The van der Waals surface area contributed by atoms with Crippen LogP contribution in [0.25, 0.3) is 11.0 Å². The summed E-state index contributed by atoms with van der Waals surface area (Å²) in [6.45, 7) is 4.56. The van der Waals surface area contributed by atoms with Gasteiger partial charge in [0, 0.05) is 32.5 Å². The molecule has 60 heavy (non-hydrogen) atoms. The summed E-state index contributed by atoms with van der Waals surface area (Å²) in [7, 11) is 0.872. The van der Waals surface area contributed by atoms with Crippen molar-refractivity contribution in [2.24, 2.45) is 17.8 Å². The van der Waals surface area contributed by atoms with Crippen molar-refractivity contribution in [1.82, 2.24) is 29.8 Å². The second-order valence-electron chi connectivity index (χ2n) is 17.2. The van der Waals surface area contributed by atoms with Gasteiger partial charge in [-0.2, -0.15) is 13.2 Å². The molecule has 2 aliphatic heterocycles. The summed E-state index contributed by atoms with van der Waals surface area (Å²) in [5.74, 6) is -3.75. The molecule has 0 bridgehead atoms. The Hall–Kier alpha value is -4.88. The van der Waals surface area contributed by atoms with E-state index in [0.717, 1.165) is 4.90 Å². The van der Waals surface area contributed by atoms with E-state index in [-0.39, 0.29) is 54.7 Å². The summed E-state index contributed by atoms with van der Waals surface area (Å²) in [4.78, 5) is 69.0. The Balaban J connectivity index is 1.45. The SMILES string of the molecule is CC[C@@H]1C[C@H](C)CCC=C[C@@H]2C[C@@]2(C(=O)NS(=O)(=O)C2CC2)NC(=O)[C@@H]2C[C@@H](Oc3nc4ccc(OC)cc4nc3N(C)C)CN2C(=O)[C@H]1N(C(=O)O)C(C)(C)C(F)(F)F. The van der Waals surface area contributed by atoms with Crippen LogP contribution in [0.4, 0.5) is 23.8 Å². The molecule has 3 heterocycles. The Morgan fingerprint density at radius 1 is 1.10 bits per heavy atom. The van der Waals surface area contributed by atoms with Gasteiger partial charge in [-0.25, -0.2) is 23.2 Å². The van der Waals surface area contributed by atoms with E-state index >= 15 is 4.79 Å². The van der Waals surface area contributed by atoms with Gasteiger partial charge in [0.25, 0.3) is 11.8 Å². The van der Waals surface area contributed by atoms with Gasteiger partial charge in [-0.15, -0.1) is 0 Å². The van der Waals surface area contributed by atoms with Crippen LogP contribution in [0.3, 0.4) is 0 Å². The highest BCUT2D eigenvalue weighted by Crippen LogP contribution is 2.47. The first-order valence-electron chi connectivity index (χ1n) is 20.2. The maximum absolute atomic E-state index is 15.2. The number of methoxy groups -OCH3 is 1. The van der Waals surface area contributed by atoms with Gasteiger partial charge in [-0.3, -0.25) is 24.0 Å². The third-order valence-corrected chi connectivity index (χ3v) is 14.1. The number of carbonyl (C=O) groups excluding carboxylic acids is 3. The first-order valence-corrected chi connectivity index (χ1v) is 21.7. The summed E-state index contributed by atoms with van der Waals surface area (Å²) in [6, 6.07) is 1.62. The van der Waals surface area contributed by atoms with Crippen LogP contribution in [-0.4, -0.2) is 126 Å². The number of ether oxygens (including phenoxy) is 2. The number of benzene rings is 1. The van der Waals surface area contributed by atoms with Crippen LogP contribution >= 0.6 is 0 Å². The topological polar surface area (TPSA) is 201 Å². The predicted molar refractivity (Wildman–Crippen MR) is 214 cm³/mol. The van der Waals surface area contributed by atoms with Gasteiger partial charge in [0.1, 0.15) is 35.0 Å². The molecule has 4 aliphatic rings. The zero-order valence-electron chi connectivity index (χ0n) is 34.8. The molecule has 6 rings (SSSR count). The molecule has 7 atom stereocenters. The van der Waals surface area contributed by atoms with E-state index < -0.39 is 86.4 Å². The molecule has 2 saturated carbocycles. The number of sulfonamides is 1. The second-order valence-corrected chi connectivity index (χ2v) is 19.2. The summed E-state index contributed by atoms with van der Waals surface area (Å²) in [5, 5.41) is 12.6. The lowest BCUT2D eigenvalue weighted by molar-refractivity contribution is -0.222. The lowest BCUT2D eigenvalue weighted by Crippen LogP contribution is -2.66. The zero-order chi connectivity index (χ0) is 44.1. The average molecular weight is 866 g/mol. The van der Waals surface area contributed by atoms with Gasteiger partial charge in [0.2, 0.25) is 21.8 Å². The molecule has 3 fully saturated rings. The van der Waals surface area contributed by atoms with E-state index in [4.69, 9.17) is 9.47 Å². The van der Waals surface area contributed by atoms with Crippen LogP contribution in [0.15, 0.2) is 30.4 Å². The van der Waals surface area contributed by atoms with Crippen molar-refractivity contribution in [3.05, 3.63) is 30.4 Å². The number of anilines is 1. The molecule has 1 aromatic heterocycles. The largest absolute Gasteiger partial charge is 0.497 e. The van der Waals surface area contributed by atoms with E-state index in [1.165, 1.54) is 7.11 Å². The molecule has 0 unspecified atom stereocenters. The highest BCUT2D eigenvalue weighted by Gasteiger charge is 2.63. The zero-order valence-corrected chi connectivity index (χ0v) is 35.6. The van der Waals surface area contributed by atoms with Crippen LogP contribution in [0.5, 0.6) is 11.6 Å². The Labute approximate surface area is 347 Å². The van der Waals surface area contributed by atoms with E-state index in [1.54, 1.807) is 50.2 Å². The number of carboxylic acid groups (broad SMARTS) is 1. The van der Waals surface area contributed by atoms with E-state index in [0.29, 0.717) is 56.3 Å². The average Bonchev–Trinajstić information content (AvgIpc) is 4.10. The Bertz CT molecular complexity index is 2150. The maximum Gasteiger partial charge on any atom is 0.411 e. The molecule has 4 amide bonds. The number of hydrogen-bond acceptors (Lipinski definition) is 11. The van der Waals surface area contributed by atoms with Crippen molar-refractivity contribution in [2.45, 2.75) is 120 Å². The minimum atomic E-state index is -5.10. The van der Waals surface area contributed by atoms with Gasteiger partial charge < -0.3 is 29.7 Å². The number of aromatic nitrogens is 2. The fourth-order valence-corrected chi connectivity index (χ4v) is 9.70. The van der Waals surface area contributed by atoms with Crippen molar-refractivity contribution < 1.29 is 55.3 Å². The van der Waals surface area contributed by atoms with Crippen molar-refractivity contribution in [3.8, 4) is 11.6 Å². The predicted octanol–water partition coefficient (Wildman–Crippen LogP) is 4.63. The fraction of sp³-hybridized carbons (Fsp3) is 0.650. The molecule has 2 aromatic rings. The van der Waals surface area contributed by atoms with Gasteiger partial charge in [-0.1, -0.05) is 32.4 Å². The molecular weight excluding hydrogens is 812 g/mol. The van der Waals surface area contributed by atoms with Crippen molar-refractivity contribution in [1.29, 1.82) is 0 Å². The van der Waals surface area contributed by atoms with Gasteiger partial charge in [0.05, 0.1) is 29.9 Å². The number of fused-ring (bicyclic) bond motifs is 3. The third kappa shape index (κ3) is 8.79. The quantitative estimate of drug-likeness (QED) is 0.280. The Morgan fingerprint density at radius 2 is 1.80 bits per heavy atom. The van der Waals surface area contributed by atoms with Crippen LogP contribution in [0.1, 0.15) is 79.1 Å². The van der Waals surface area contributed by atoms with E-state index in [2.05, 4.69) is 20.0 Å². The molecular formula is C40H54F3N7O9S. The molecule has 1 aromatic carbocycles. The van der Waals surface area contributed by atoms with Gasteiger partial charge in [0.15, 0.2) is 5.82 Å². The highest BCUT2D eigenvalue weighted by molar-refractivity contribution is 7.91. The van der Waals surface area contributed by atoms with Gasteiger partial charge >= 0.3 is 12.3 Å². The monoisotopic (exact) mass is 865 g/mol. The molecule has 16 nitrogen and oxygen atoms in total. The molecule has 3 N–H and O–H groups in total. The normalized spacial score (nSPS) is 27.8. The number of allylic oxidation sites excluding steroid dienone is 1. The number of nitrogens with one attached hydrogen (secondary N) is 2. The lowest BCUT2D eigenvalue weighted by atomic mass is 9.82. The van der Waals surface area contributed by atoms with E-state index in [9.17, 15) is 41.1 Å².